The molecule has 3 N–H and O–H groups in total. The first kappa shape index (κ1) is 23.9. The minimum atomic E-state index is -0.921. The predicted octanol–water partition coefficient (Wildman–Crippen LogP) is 3.88. The van der Waals surface area contributed by atoms with Crippen molar-refractivity contribution in [1.29, 1.82) is 0 Å². The van der Waals surface area contributed by atoms with E-state index >= 15 is 0 Å². The van der Waals surface area contributed by atoms with Gasteiger partial charge < -0.3 is 14.7 Å². The molecule has 182 valence electrons. The quantitative estimate of drug-likeness (QED) is 0.425. The molecule has 0 bridgehead atoms. The highest BCUT2D eigenvalue weighted by Crippen LogP contribution is 2.44. The Labute approximate surface area is 202 Å². The van der Waals surface area contributed by atoms with Crippen LogP contribution in [-0.2, 0) is 9.53 Å². The summed E-state index contributed by atoms with van der Waals surface area (Å²) in [5, 5.41) is 17.7. The summed E-state index contributed by atoms with van der Waals surface area (Å²) in [5.74, 6) is -1.57. The molecule has 2 amide bonds. The summed E-state index contributed by atoms with van der Waals surface area (Å²) in [6, 6.07) is 15.9. The zero-order valence-corrected chi connectivity index (χ0v) is 19.5. The second-order valence-electron chi connectivity index (χ2n) is 8.55. The van der Waals surface area contributed by atoms with E-state index in [1.165, 1.54) is 4.90 Å². The number of benzene rings is 2. The number of aromatic amines is 1. The molecule has 1 aromatic heterocycles. The normalized spacial score (nSPS) is 12.2. The maximum Gasteiger partial charge on any atom is 0.414 e. The number of anilines is 1. The van der Waals surface area contributed by atoms with Gasteiger partial charge in [-0.3, -0.25) is 20.0 Å². The van der Waals surface area contributed by atoms with Crippen molar-refractivity contribution in [3.63, 3.8) is 0 Å². The zero-order chi connectivity index (χ0) is 24.9. The second kappa shape index (κ2) is 10.4. The van der Waals surface area contributed by atoms with E-state index in [0.29, 0.717) is 6.42 Å². The lowest BCUT2D eigenvalue weighted by molar-refractivity contribution is -0.137. The molecule has 0 unspecified atom stereocenters. The van der Waals surface area contributed by atoms with Crippen LogP contribution in [0.1, 0.15) is 54.4 Å². The number of carbonyl (C=O) groups excluding carboxylic acids is 2. The van der Waals surface area contributed by atoms with Gasteiger partial charge >= 0.3 is 12.1 Å². The standard InChI is InChI=1S/C25H27N5O5/c1-15(2)30(13-7-12-21(31)32)23(33)22-26-24(29-28-22)27-25(34)35-14-20-18-10-5-3-8-16(18)17-9-4-6-11-19(17)20/h3-6,8-11,15,20H,7,12-14H2,1-2H3,(H,31,32)(H2,26,27,28,29,34). The molecule has 4 rings (SSSR count). The van der Waals surface area contributed by atoms with Gasteiger partial charge in [-0.2, -0.15) is 4.98 Å². The van der Waals surface area contributed by atoms with Crippen molar-refractivity contribution in [1.82, 2.24) is 20.1 Å². The van der Waals surface area contributed by atoms with E-state index in [-0.39, 0.29) is 43.3 Å². The number of aromatic nitrogens is 3. The monoisotopic (exact) mass is 477 g/mol. The van der Waals surface area contributed by atoms with E-state index in [1.54, 1.807) is 0 Å². The summed E-state index contributed by atoms with van der Waals surface area (Å²) in [6.45, 7) is 4.05. The third-order valence-electron chi connectivity index (χ3n) is 5.92. The highest BCUT2D eigenvalue weighted by atomic mass is 16.5. The first-order valence-electron chi connectivity index (χ1n) is 11.4. The number of carbonyl (C=O) groups is 3. The minimum absolute atomic E-state index is 0.0402. The Kier molecular flexibility index (Phi) is 7.09. The van der Waals surface area contributed by atoms with Gasteiger partial charge in [-0.25, -0.2) is 4.79 Å². The molecule has 0 aliphatic heterocycles. The fourth-order valence-corrected chi connectivity index (χ4v) is 4.27. The first-order valence-corrected chi connectivity index (χ1v) is 11.4. The van der Waals surface area contributed by atoms with Gasteiger partial charge in [0.05, 0.1) is 0 Å². The topological polar surface area (TPSA) is 138 Å². The van der Waals surface area contributed by atoms with E-state index in [9.17, 15) is 14.4 Å². The molecule has 10 heteroatoms. The summed E-state index contributed by atoms with van der Waals surface area (Å²) in [4.78, 5) is 41.6. The molecule has 0 saturated heterocycles. The van der Waals surface area contributed by atoms with Crippen LogP contribution in [-0.4, -0.2) is 62.4 Å². The summed E-state index contributed by atoms with van der Waals surface area (Å²) in [5.41, 5.74) is 4.47. The van der Waals surface area contributed by atoms with E-state index in [4.69, 9.17) is 9.84 Å². The summed E-state index contributed by atoms with van der Waals surface area (Å²) in [6.07, 6.45) is -0.452. The van der Waals surface area contributed by atoms with Crippen molar-refractivity contribution in [3.05, 3.63) is 65.5 Å². The molecular formula is C25H27N5O5. The lowest BCUT2D eigenvalue weighted by Crippen LogP contribution is -2.38. The molecule has 10 nitrogen and oxygen atoms in total. The summed E-state index contributed by atoms with van der Waals surface area (Å²) < 4.78 is 5.48. The largest absolute Gasteiger partial charge is 0.481 e. The van der Waals surface area contributed by atoms with Gasteiger partial charge in [0.2, 0.25) is 5.82 Å². The van der Waals surface area contributed by atoms with E-state index in [1.807, 2.05) is 50.2 Å². The number of carboxylic acid groups (broad SMARTS) is 1. The van der Waals surface area contributed by atoms with Gasteiger partial charge in [0.25, 0.3) is 11.9 Å². The van der Waals surface area contributed by atoms with Crippen LogP contribution in [0.25, 0.3) is 11.1 Å². The Morgan fingerprint density at radius 2 is 1.71 bits per heavy atom. The Bertz CT molecular complexity index is 1190. The van der Waals surface area contributed by atoms with Crippen LogP contribution in [0.2, 0.25) is 0 Å². The number of nitrogens with one attached hydrogen (secondary N) is 2. The number of hydrogen-bond donors (Lipinski definition) is 3. The van der Waals surface area contributed by atoms with Crippen LogP contribution in [0, 0.1) is 0 Å². The summed E-state index contributed by atoms with van der Waals surface area (Å²) in [7, 11) is 0. The molecular weight excluding hydrogens is 450 g/mol. The molecule has 2 aromatic carbocycles. The van der Waals surface area contributed by atoms with Gasteiger partial charge in [-0.05, 0) is 42.5 Å². The first-order chi connectivity index (χ1) is 16.8. The number of aliphatic carboxylic acids is 1. The van der Waals surface area contributed by atoms with Crippen LogP contribution in [0.3, 0.4) is 0 Å². The Morgan fingerprint density at radius 3 is 2.31 bits per heavy atom. The smallest absolute Gasteiger partial charge is 0.414 e. The highest BCUT2D eigenvalue weighted by Gasteiger charge is 2.29. The van der Waals surface area contributed by atoms with Crippen LogP contribution < -0.4 is 5.32 Å². The van der Waals surface area contributed by atoms with Crippen molar-refractivity contribution in [2.24, 2.45) is 0 Å². The zero-order valence-electron chi connectivity index (χ0n) is 19.5. The number of amides is 2. The Hall–Kier alpha value is -4.21. The van der Waals surface area contributed by atoms with Crippen molar-refractivity contribution < 1.29 is 24.2 Å². The molecule has 0 atom stereocenters. The Morgan fingerprint density at radius 1 is 1.09 bits per heavy atom. The number of ether oxygens (including phenoxy) is 1. The average Bonchev–Trinajstić information content (AvgIpc) is 3.42. The molecule has 1 aliphatic rings. The van der Waals surface area contributed by atoms with Gasteiger partial charge in [0, 0.05) is 24.9 Å². The van der Waals surface area contributed by atoms with Gasteiger partial charge in [0.15, 0.2) is 0 Å². The van der Waals surface area contributed by atoms with E-state index in [0.717, 1.165) is 22.3 Å². The lowest BCUT2D eigenvalue weighted by atomic mass is 9.98. The van der Waals surface area contributed by atoms with Crippen LogP contribution in [0.15, 0.2) is 48.5 Å². The molecule has 0 fully saturated rings. The number of hydrogen-bond acceptors (Lipinski definition) is 6. The van der Waals surface area contributed by atoms with E-state index in [2.05, 4.69) is 32.6 Å². The number of nitrogens with zero attached hydrogens (tertiary/aromatic N) is 3. The average molecular weight is 478 g/mol. The number of rotatable bonds is 9. The van der Waals surface area contributed by atoms with Gasteiger partial charge in [0.1, 0.15) is 6.61 Å². The molecule has 3 aromatic rings. The fraction of sp³-hybridized carbons (Fsp3) is 0.320. The molecule has 1 heterocycles. The predicted molar refractivity (Wildman–Crippen MR) is 128 cm³/mol. The summed E-state index contributed by atoms with van der Waals surface area (Å²) >= 11 is 0. The minimum Gasteiger partial charge on any atom is -0.481 e. The number of H-pyrrole nitrogens is 1. The van der Waals surface area contributed by atoms with Crippen LogP contribution in [0.4, 0.5) is 10.7 Å². The lowest BCUT2D eigenvalue weighted by Gasteiger charge is -2.25. The molecule has 0 saturated carbocycles. The van der Waals surface area contributed by atoms with Crippen LogP contribution >= 0.6 is 0 Å². The third kappa shape index (κ3) is 5.32. The van der Waals surface area contributed by atoms with Crippen molar-refractivity contribution in [3.8, 4) is 11.1 Å². The third-order valence-corrected chi connectivity index (χ3v) is 5.92. The highest BCUT2D eigenvalue weighted by molar-refractivity contribution is 5.91. The molecule has 0 radical (unpaired) electrons. The SMILES string of the molecule is CC(C)N(CCCC(=O)O)C(=O)c1nc(NC(=O)OCC2c3ccccc3-c3ccccc32)n[nH]1. The van der Waals surface area contributed by atoms with Crippen LogP contribution in [0.5, 0.6) is 0 Å². The fourth-order valence-electron chi connectivity index (χ4n) is 4.27. The maximum absolute atomic E-state index is 12.8. The van der Waals surface area contributed by atoms with Crippen molar-refractivity contribution in [2.45, 2.75) is 38.6 Å². The number of fused-ring (bicyclic) bond motifs is 3. The molecule has 0 spiro atoms. The van der Waals surface area contributed by atoms with Crippen molar-refractivity contribution >= 4 is 23.9 Å². The van der Waals surface area contributed by atoms with Crippen molar-refractivity contribution in [2.75, 3.05) is 18.5 Å². The molecule has 1 aliphatic carbocycles. The molecule has 35 heavy (non-hydrogen) atoms. The van der Waals surface area contributed by atoms with E-state index < -0.39 is 18.0 Å². The van der Waals surface area contributed by atoms with Gasteiger partial charge in [-0.1, -0.05) is 48.5 Å². The Balaban J connectivity index is 1.36. The number of carboxylic acids is 1. The second-order valence-corrected chi connectivity index (χ2v) is 8.55. The maximum atomic E-state index is 12.8. The van der Waals surface area contributed by atoms with Gasteiger partial charge in [-0.15, -0.1) is 5.10 Å².